The Bertz CT molecular complexity index is 1360. The Kier molecular flexibility index (Phi) is 10.5. The van der Waals surface area contributed by atoms with Gasteiger partial charge in [-0.1, -0.05) is 149 Å². The number of hydrogen-bond acceptors (Lipinski definition) is 2. The minimum Gasteiger partial charge on any atom is -0.399 e. The highest BCUT2D eigenvalue weighted by Gasteiger charge is 2.52. The van der Waals surface area contributed by atoms with Crippen LogP contribution in [-0.4, -0.2) is 18.3 Å². The summed E-state index contributed by atoms with van der Waals surface area (Å²) in [5.41, 5.74) is 6.35. The Balaban J connectivity index is 1.59. The van der Waals surface area contributed by atoms with Crippen LogP contribution < -0.4 is 5.46 Å². The first kappa shape index (κ1) is 32.8. The number of halogens is 1. The van der Waals surface area contributed by atoms with Crippen LogP contribution in [0.25, 0.3) is 21.9 Å². The summed E-state index contributed by atoms with van der Waals surface area (Å²) in [6, 6.07) is 18.6. The van der Waals surface area contributed by atoms with Gasteiger partial charge in [-0.25, -0.2) is 0 Å². The van der Waals surface area contributed by atoms with Crippen molar-refractivity contribution in [2.24, 2.45) is 0 Å². The van der Waals surface area contributed by atoms with Crippen LogP contribution in [0.15, 0.2) is 53.0 Å². The number of rotatable bonds is 15. The molecule has 1 aliphatic carbocycles. The lowest BCUT2D eigenvalue weighted by molar-refractivity contribution is 0.00578. The molecule has 5 rings (SSSR count). The minimum atomic E-state index is -0.352. The quantitative estimate of drug-likeness (QED) is 0.121. The van der Waals surface area contributed by atoms with E-state index in [0.29, 0.717) is 0 Å². The van der Waals surface area contributed by atoms with Crippen LogP contribution in [0.3, 0.4) is 0 Å². The van der Waals surface area contributed by atoms with Crippen molar-refractivity contribution in [3.63, 3.8) is 0 Å². The van der Waals surface area contributed by atoms with Gasteiger partial charge in [-0.3, -0.25) is 0 Å². The van der Waals surface area contributed by atoms with Gasteiger partial charge in [0.1, 0.15) is 0 Å². The van der Waals surface area contributed by atoms with E-state index in [-0.39, 0.29) is 23.7 Å². The van der Waals surface area contributed by atoms with Crippen molar-refractivity contribution < 1.29 is 9.31 Å². The summed E-state index contributed by atoms with van der Waals surface area (Å²) in [6.07, 6.45) is 18.3. The van der Waals surface area contributed by atoms with E-state index in [9.17, 15) is 0 Å². The van der Waals surface area contributed by atoms with Crippen molar-refractivity contribution >= 4 is 39.3 Å². The summed E-state index contributed by atoms with van der Waals surface area (Å²) >= 11 is 4.02. The minimum absolute atomic E-state index is 0.00633. The van der Waals surface area contributed by atoms with Gasteiger partial charge in [0.2, 0.25) is 0 Å². The number of benzene rings is 3. The van der Waals surface area contributed by atoms with Gasteiger partial charge in [0, 0.05) is 9.89 Å². The van der Waals surface area contributed by atoms with Crippen molar-refractivity contribution in [1.29, 1.82) is 0 Å². The molecule has 1 aliphatic heterocycles. The number of unbranched alkanes of at least 4 members (excludes halogenated alkanes) is 10. The maximum atomic E-state index is 6.59. The predicted octanol–water partition coefficient (Wildman–Crippen LogP) is 11.7. The van der Waals surface area contributed by atoms with Crippen LogP contribution in [0.4, 0.5) is 0 Å². The fourth-order valence-electron chi connectivity index (χ4n) is 7.52. The van der Waals surface area contributed by atoms with E-state index in [4.69, 9.17) is 9.31 Å². The summed E-state index contributed by atoms with van der Waals surface area (Å²) in [4.78, 5) is 0. The van der Waals surface area contributed by atoms with Crippen LogP contribution in [0.1, 0.15) is 143 Å². The van der Waals surface area contributed by atoms with Crippen molar-refractivity contribution in [2.75, 3.05) is 0 Å². The van der Waals surface area contributed by atoms with E-state index in [2.05, 4.69) is 106 Å². The molecule has 0 spiro atoms. The highest BCUT2D eigenvalue weighted by Crippen LogP contribution is 2.57. The first-order chi connectivity index (χ1) is 20.6. The third kappa shape index (κ3) is 6.54. The Hall–Kier alpha value is -1.62. The zero-order valence-electron chi connectivity index (χ0n) is 27.8. The van der Waals surface area contributed by atoms with Crippen molar-refractivity contribution in [1.82, 2.24) is 0 Å². The second kappa shape index (κ2) is 13.8. The summed E-state index contributed by atoms with van der Waals surface area (Å²) < 4.78 is 14.4. The average Bonchev–Trinajstić information content (AvgIpc) is 3.38. The molecule has 4 heteroatoms. The molecule has 1 saturated heterocycles. The predicted molar refractivity (Wildman–Crippen MR) is 190 cm³/mol. The van der Waals surface area contributed by atoms with Crippen LogP contribution in [0.5, 0.6) is 0 Å². The highest BCUT2D eigenvalue weighted by atomic mass is 79.9. The molecular weight excluding hydrogens is 591 g/mol. The van der Waals surface area contributed by atoms with Gasteiger partial charge in [0.15, 0.2) is 0 Å². The second-order valence-electron chi connectivity index (χ2n) is 14.3. The second-order valence-corrected chi connectivity index (χ2v) is 15.2. The molecule has 43 heavy (non-hydrogen) atoms. The molecule has 0 aromatic heterocycles. The summed E-state index contributed by atoms with van der Waals surface area (Å²) in [5.74, 6) is 0. The van der Waals surface area contributed by atoms with E-state index in [1.807, 2.05) is 0 Å². The molecule has 3 aromatic rings. The van der Waals surface area contributed by atoms with Gasteiger partial charge in [-0.15, -0.1) is 0 Å². The monoisotopic (exact) mass is 644 g/mol. The van der Waals surface area contributed by atoms with Gasteiger partial charge in [-0.05, 0) is 85.1 Å². The molecule has 2 aliphatic rings. The fraction of sp³-hybridized carbons (Fsp3) is 0.590. The molecule has 0 bridgehead atoms. The lowest BCUT2D eigenvalue weighted by Crippen LogP contribution is -2.41. The number of fused-ring (bicyclic) bond motifs is 5. The first-order valence-corrected chi connectivity index (χ1v) is 18.2. The van der Waals surface area contributed by atoms with Gasteiger partial charge >= 0.3 is 7.12 Å². The van der Waals surface area contributed by atoms with Crippen molar-refractivity contribution in [3.8, 4) is 11.1 Å². The zero-order chi connectivity index (χ0) is 30.7. The lowest BCUT2D eigenvalue weighted by atomic mass is 9.68. The molecule has 0 saturated carbocycles. The largest absolute Gasteiger partial charge is 0.494 e. The Morgan fingerprint density at radius 3 is 1.74 bits per heavy atom. The van der Waals surface area contributed by atoms with Gasteiger partial charge in [0.25, 0.3) is 0 Å². The van der Waals surface area contributed by atoms with E-state index in [1.54, 1.807) is 0 Å². The van der Waals surface area contributed by atoms with Crippen LogP contribution in [0.2, 0.25) is 0 Å². The maximum absolute atomic E-state index is 6.59. The molecule has 0 unspecified atom stereocenters. The standard InChI is InChI=1S/C39H54BBrO2/c1-7-9-11-13-15-19-25-39(26-20-16-14-12-10-8-2)33-27-29(40-42-37(3,4)38(5,6)43-40)23-24-32(33)36-31-22-18-17-21-30(31)35(41)28-34(36)39/h17-18,21-24,27-28H,7-16,19-20,25-26H2,1-6H3. The normalized spacial score (nSPS) is 17.9. The van der Waals surface area contributed by atoms with E-state index in [1.165, 1.54) is 127 Å². The van der Waals surface area contributed by atoms with E-state index in [0.717, 1.165) is 5.46 Å². The fourth-order valence-corrected chi connectivity index (χ4v) is 8.10. The molecule has 0 N–H and O–H groups in total. The Morgan fingerprint density at radius 1 is 0.628 bits per heavy atom. The molecule has 1 heterocycles. The van der Waals surface area contributed by atoms with Crippen LogP contribution >= 0.6 is 15.9 Å². The van der Waals surface area contributed by atoms with Gasteiger partial charge in [0.05, 0.1) is 11.2 Å². The van der Waals surface area contributed by atoms with Crippen LogP contribution in [0, 0.1) is 0 Å². The third-order valence-corrected chi connectivity index (χ3v) is 11.4. The molecule has 0 atom stereocenters. The maximum Gasteiger partial charge on any atom is 0.494 e. The van der Waals surface area contributed by atoms with Crippen molar-refractivity contribution in [2.45, 2.75) is 148 Å². The SMILES string of the molecule is CCCCCCCCC1(CCCCCCCC)c2cc(B3OC(C)(C)C(C)(C)O3)ccc2-c2c1cc(Br)c1ccccc21. The summed E-state index contributed by atoms with van der Waals surface area (Å²) in [5, 5.41) is 2.67. The topological polar surface area (TPSA) is 18.5 Å². The molecule has 2 nitrogen and oxygen atoms in total. The molecule has 3 aromatic carbocycles. The molecule has 0 amide bonds. The van der Waals surface area contributed by atoms with E-state index >= 15 is 0 Å². The van der Waals surface area contributed by atoms with Gasteiger partial charge in [-0.2, -0.15) is 0 Å². The summed E-state index contributed by atoms with van der Waals surface area (Å²) in [6.45, 7) is 13.2. The summed E-state index contributed by atoms with van der Waals surface area (Å²) in [7, 11) is -0.344. The van der Waals surface area contributed by atoms with Crippen LogP contribution in [-0.2, 0) is 14.7 Å². The smallest absolute Gasteiger partial charge is 0.399 e. The van der Waals surface area contributed by atoms with E-state index < -0.39 is 0 Å². The number of hydrogen-bond donors (Lipinski definition) is 0. The third-order valence-electron chi connectivity index (χ3n) is 10.8. The average molecular weight is 646 g/mol. The zero-order valence-corrected chi connectivity index (χ0v) is 29.4. The Labute approximate surface area is 271 Å². The molecule has 232 valence electrons. The van der Waals surface area contributed by atoms with Gasteiger partial charge < -0.3 is 9.31 Å². The molecular formula is C39H54BBrO2. The Morgan fingerprint density at radius 2 is 1.16 bits per heavy atom. The lowest BCUT2D eigenvalue weighted by Gasteiger charge is -2.33. The molecule has 1 fully saturated rings. The molecule has 0 radical (unpaired) electrons. The first-order valence-electron chi connectivity index (χ1n) is 17.4. The highest BCUT2D eigenvalue weighted by molar-refractivity contribution is 9.10. The van der Waals surface area contributed by atoms with Crippen molar-refractivity contribution in [3.05, 3.63) is 64.1 Å².